The van der Waals surface area contributed by atoms with Crippen LogP contribution < -0.4 is 0 Å². The summed E-state index contributed by atoms with van der Waals surface area (Å²) in [6, 6.07) is 8.64. The summed E-state index contributed by atoms with van der Waals surface area (Å²) in [6.45, 7) is 0. The first-order valence-corrected chi connectivity index (χ1v) is 6.70. The lowest BCUT2D eigenvalue weighted by molar-refractivity contribution is 0.0696. The van der Waals surface area contributed by atoms with E-state index in [2.05, 4.69) is 0 Å². The summed E-state index contributed by atoms with van der Waals surface area (Å²) >= 11 is 12.8. The molecule has 0 unspecified atom stereocenters. The molecule has 2 nitrogen and oxygen atoms in total. The predicted octanol–water partition coefficient (Wildman–Crippen LogP) is 4.98. The average molecular weight is 317 g/mol. The van der Waals surface area contributed by atoms with Crippen LogP contribution in [0, 0.1) is 5.82 Å². The van der Waals surface area contributed by atoms with Gasteiger partial charge >= 0.3 is 5.97 Å². The summed E-state index contributed by atoms with van der Waals surface area (Å²) < 4.78 is 13.7. The third kappa shape index (κ3) is 3.62. The third-order valence-corrected chi connectivity index (χ3v) is 3.70. The molecular weight excluding hydrogens is 310 g/mol. The number of carboxylic acid groups (broad SMARTS) is 1. The average Bonchev–Trinajstić information content (AvgIpc) is 2.30. The van der Waals surface area contributed by atoms with Gasteiger partial charge < -0.3 is 5.11 Å². The molecule has 0 aromatic heterocycles. The number of aromatic carboxylic acids is 1. The molecule has 0 aliphatic carbocycles. The van der Waals surface area contributed by atoms with E-state index < -0.39 is 11.8 Å². The van der Waals surface area contributed by atoms with Crippen molar-refractivity contribution in [2.75, 3.05) is 0 Å². The Morgan fingerprint density at radius 1 is 1.11 bits per heavy atom. The zero-order valence-corrected chi connectivity index (χ0v) is 11.7. The third-order valence-electron chi connectivity index (χ3n) is 2.24. The van der Waals surface area contributed by atoms with E-state index in [1.54, 1.807) is 18.2 Å². The number of carboxylic acids is 1. The number of benzene rings is 2. The summed E-state index contributed by atoms with van der Waals surface area (Å²) in [4.78, 5) is 11.7. The van der Waals surface area contributed by atoms with Gasteiger partial charge in [0.05, 0.1) is 5.56 Å². The Kier molecular flexibility index (Phi) is 4.34. The van der Waals surface area contributed by atoms with Gasteiger partial charge in [0.1, 0.15) is 5.82 Å². The van der Waals surface area contributed by atoms with E-state index in [0.29, 0.717) is 19.8 Å². The van der Waals surface area contributed by atoms with Gasteiger partial charge in [0.15, 0.2) is 0 Å². The van der Waals surface area contributed by atoms with Crippen LogP contribution in [0.2, 0.25) is 10.0 Å². The van der Waals surface area contributed by atoms with Crippen LogP contribution in [0.3, 0.4) is 0 Å². The lowest BCUT2D eigenvalue weighted by Gasteiger charge is -2.05. The Morgan fingerprint density at radius 3 is 2.26 bits per heavy atom. The van der Waals surface area contributed by atoms with E-state index in [9.17, 15) is 9.18 Å². The smallest absolute Gasteiger partial charge is 0.335 e. The molecule has 6 heteroatoms. The van der Waals surface area contributed by atoms with Crippen LogP contribution >= 0.6 is 35.0 Å². The van der Waals surface area contributed by atoms with Crippen molar-refractivity contribution in [3.8, 4) is 0 Å². The molecule has 19 heavy (non-hydrogen) atoms. The van der Waals surface area contributed by atoms with E-state index in [1.165, 1.54) is 12.1 Å². The first-order valence-electron chi connectivity index (χ1n) is 5.12. The topological polar surface area (TPSA) is 37.3 Å². The van der Waals surface area contributed by atoms with Crippen molar-refractivity contribution in [2.45, 2.75) is 9.79 Å². The van der Waals surface area contributed by atoms with Crippen LogP contribution in [0.4, 0.5) is 4.39 Å². The first-order chi connectivity index (χ1) is 8.95. The van der Waals surface area contributed by atoms with E-state index in [-0.39, 0.29) is 5.56 Å². The van der Waals surface area contributed by atoms with E-state index >= 15 is 0 Å². The summed E-state index contributed by atoms with van der Waals surface area (Å²) in [7, 11) is 0. The molecule has 0 fully saturated rings. The molecule has 0 saturated carbocycles. The van der Waals surface area contributed by atoms with Crippen molar-refractivity contribution in [3.63, 3.8) is 0 Å². The van der Waals surface area contributed by atoms with Gasteiger partial charge in [-0.25, -0.2) is 9.18 Å². The number of carbonyl (C=O) groups is 1. The second-order valence-corrected chi connectivity index (χ2v) is 5.65. The summed E-state index contributed by atoms with van der Waals surface area (Å²) in [6.07, 6.45) is 0. The molecule has 0 aliphatic heterocycles. The molecule has 0 radical (unpaired) electrons. The quantitative estimate of drug-likeness (QED) is 0.867. The Bertz CT molecular complexity index is 626. The fourth-order valence-electron chi connectivity index (χ4n) is 1.43. The van der Waals surface area contributed by atoms with E-state index in [4.69, 9.17) is 28.3 Å². The summed E-state index contributed by atoms with van der Waals surface area (Å²) in [5.41, 5.74) is -0.0917. The second kappa shape index (κ2) is 5.82. The second-order valence-electron chi connectivity index (χ2n) is 3.66. The molecule has 2 aromatic rings. The molecule has 2 aromatic carbocycles. The standard InChI is InChI=1S/C13H7Cl2FO2S/c14-8-4-9(15)6-10(5-8)19-12-2-1-7(13(17)18)3-11(12)16/h1-6H,(H,17,18). The van der Waals surface area contributed by atoms with Crippen LogP contribution in [-0.2, 0) is 0 Å². The summed E-state index contributed by atoms with van der Waals surface area (Å²) in [5, 5.41) is 9.67. The molecule has 0 atom stereocenters. The van der Waals surface area contributed by atoms with Crippen molar-refractivity contribution in [2.24, 2.45) is 0 Å². The SMILES string of the molecule is O=C(O)c1ccc(Sc2cc(Cl)cc(Cl)c2)c(F)c1. The maximum Gasteiger partial charge on any atom is 0.335 e. The first kappa shape index (κ1) is 14.2. The lowest BCUT2D eigenvalue weighted by atomic mass is 10.2. The number of hydrogen-bond acceptors (Lipinski definition) is 2. The van der Waals surface area contributed by atoms with Crippen LogP contribution in [0.1, 0.15) is 10.4 Å². The van der Waals surface area contributed by atoms with Gasteiger partial charge in [-0.05, 0) is 36.4 Å². The Morgan fingerprint density at radius 2 is 1.74 bits per heavy atom. The van der Waals surface area contributed by atoms with Crippen molar-refractivity contribution >= 4 is 40.9 Å². The highest BCUT2D eigenvalue weighted by Crippen LogP contribution is 2.33. The fourth-order valence-corrected chi connectivity index (χ4v) is 3.00. The van der Waals surface area contributed by atoms with Gasteiger partial charge in [0, 0.05) is 19.8 Å². The molecule has 0 aliphatic rings. The molecule has 2 rings (SSSR count). The normalized spacial score (nSPS) is 10.5. The molecule has 1 N–H and O–H groups in total. The highest BCUT2D eigenvalue weighted by Gasteiger charge is 2.10. The van der Waals surface area contributed by atoms with Gasteiger partial charge in [-0.1, -0.05) is 35.0 Å². The van der Waals surface area contributed by atoms with Crippen molar-refractivity contribution in [1.29, 1.82) is 0 Å². The van der Waals surface area contributed by atoms with Gasteiger partial charge in [-0.3, -0.25) is 0 Å². The molecule has 0 saturated heterocycles. The zero-order chi connectivity index (χ0) is 14.0. The minimum Gasteiger partial charge on any atom is -0.478 e. The maximum absolute atomic E-state index is 13.7. The molecule has 98 valence electrons. The van der Waals surface area contributed by atoms with Crippen LogP contribution in [0.25, 0.3) is 0 Å². The van der Waals surface area contributed by atoms with Crippen molar-refractivity contribution in [3.05, 3.63) is 57.8 Å². The van der Waals surface area contributed by atoms with Gasteiger partial charge in [0.2, 0.25) is 0 Å². The minimum absolute atomic E-state index is 0.0917. The number of halogens is 3. The number of hydrogen-bond donors (Lipinski definition) is 1. The Balaban J connectivity index is 2.30. The zero-order valence-electron chi connectivity index (χ0n) is 9.36. The summed E-state index contributed by atoms with van der Waals surface area (Å²) in [5.74, 6) is -1.76. The number of rotatable bonds is 3. The van der Waals surface area contributed by atoms with Gasteiger partial charge in [-0.2, -0.15) is 0 Å². The van der Waals surface area contributed by atoms with Gasteiger partial charge in [-0.15, -0.1) is 0 Å². The predicted molar refractivity (Wildman–Crippen MR) is 73.9 cm³/mol. The van der Waals surface area contributed by atoms with Crippen molar-refractivity contribution < 1.29 is 14.3 Å². The minimum atomic E-state index is -1.17. The van der Waals surface area contributed by atoms with Crippen LogP contribution in [0.5, 0.6) is 0 Å². The van der Waals surface area contributed by atoms with E-state index in [1.807, 2.05) is 0 Å². The Hall–Kier alpha value is -1.23. The molecule has 0 spiro atoms. The lowest BCUT2D eigenvalue weighted by Crippen LogP contribution is -1.97. The monoisotopic (exact) mass is 316 g/mol. The van der Waals surface area contributed by atoms with Crippen LogP contribution in [0.15, 0.2) is 46.2 Å². The highest BCUT2D eigenvalue weighted by atomic mass is 35.5. The maximum atomic E-state index is 13.7. The van der Waals surface area contributed by atoms with Crippen LogP contribution in [-0.4, -0.2) is 11.1 Å². The highest BCUT2D eigenvalue weighted by molar-refractivity contribution is 7.99. The largest absolute Gasteiger partial charge is 0.478 e. The van der Waals surface area contributed by atoms with E-state index in [0.717, 1.165) is 17.8 Å². The molecule has 0 bridgehead atoms. The molecular formula is C13H7Cl2FO2S. The molecule has 0 amide bonds. The van der Waals surface area contributed by atoms with Gasteiger partial charge in [0.25, 0.3) is 0 Å². The molecule has 0 heterocycles. The van der Waals surface area contributed by atoms with Crippen molar-refractivity contribution in [1.82, 2.24) is 0 Å². The Labute approximate surface area is 123 Å². The fraction of sp³-hybridized carbons (Fsp3) is 0.